The van der Waals surface area contributed by atoms with Crippen molar-refractivity contribution in [2.24, 2.45) is 5.92 Å². The molecule has 0 amide bonds. The largest absolute Gasteiger partial charge is 0.477 e. The molecule has 0 aliphatic carbocycles. The van der Waals surface area contributed by atoms with E-state index in [0.29, 0.717) is 17.7 Å². The van der Waals surface area contributed by atoms with E-state index in [0.717, 1.165) is 31.2 Å². The molecule has 1 atom stereocenters. The molecule has 1 aromatic rings. The number of hydrogen-bond donors (Lipinski definition) is 1. The third kappa shape index (κ3) is 3.40. The fourth-order valence-corrected chi connectivity index (χ4v) is 1.95. The van der Waals surface area contributed by atoms with E-state index in [2.05, 4.69) is 29.1 Å². The second kappa shape index (κ2) is 5.45. The van der Waals surface area contributed by atoms with Gasteiger partial charge in [-0.2, -0.15) is 4.98 Å². The normalized spacial score (nSPS) is 19.9. The Labute approximate surface area is 103 Å². The van der Waals surface area contributed by atoms with E-state index in [-0.39, 0.29) is 0 Å². The van der Waals surface area contributed by atoms with Gasteiger partial charge < -0.3 is 10.1 Å². The fraction of sp³-hybridized carbons (Fsp3) is 0.692. The number of nitrogens with one attached hydrogen (secondary N) is 1. The summed E-state index contributed by atoms with van der Waals surface area (Å²) in [4.78, 5) is 8.85. The number of hydrogen-bond acceptors (Lipinski definition) is 4. The van der Waals surface area contributed by atoms with Gasteiger partial charge in [0.05, 0.1) is 6.61 Å². The molecule has 1 fully saturated rings. The van der Waals surface area contributed by atoms with Crippen LogP contribution in [0, 0.1) is 12.8 Å². The Morgan fingerprint density at radius 2 is 2.29 bits per heavy atom. The third-order valence-corrected chi connectivity index (χ3v) is 2.99. The molecule has 4 heteroatoms. The fourth-order valence-electron chi connectivity index (χ4n) is 1.95. The van der Waals surface area contributed by atoms with Gasteiger partial charge in [-0.1, -0.05) is 13.8 Å². The molecule has 0 aromatic carbocycles. The predicted octanol–water partition coefficient (Wildman–Crippen LogP) is 1.90. The summed E-state index contributed by atoms with van der Waals surface area (Å²) in [5, 5.41) is 3.34. The van der Waals surface area contributed by atoms with Crippen LogP contribution in [0.1, 0.15) is 37.7 Å². The van der Waals surface area contributed by atoms with E-state index in [1.165, 1.54) is 6.42 Å². The SMILES string of the molecule is Cc1cc(OCC2CCNC2)nc(C(C)C)n1. The van der Waals surface area contributed by atoms with Crippen LogP contribution in [0.25, 0.3) is 0 Å². The average Bonchev–Trinajstić information content (AvgIpc) is 2.78. The van der Waals surface area contributed by atoms with Crippen LogP contribution in [0.4, 0.5) is 0 Å². The molecular formula is C13H21N3O. The van der Waals surface area contributed by atoms with Crippen molar-refractivity contribution in [3.8, 4) is 5.88 Å². The van der Waals surface area contributed by atoms with E-state index in [1.54, 1.807) is 0 Å². The van der Waals surface area contributed by atoms with Gasteiger partial charge in [0.2, 0.25) is 5.88 Å². The zero-order chi connectivity index (χ0) is 12.3. The van der Waals surface area contributed by atoms with Gasteiger partial charge in [-0.25, -0.2) is 4.98 Å². The van der Waals surface area contributed by atoms with E-state index in [9.17, 15) is 0 Å². The van der Waals surface area contributed by atoms with Gasteiger partial charge in [0, 0.05) is 30.1 Å². The van der Waals surface area contributed by atoms with E-state index in [1.807, 2.05) is 13.0 Å². The maximum Gasteiger partial charge on any atom is 0.216 e. The molecule has 1 aliphatic heterocycles. The highest BCUT2D eigenvalue weighted by Crippen LogP contribution is 2.16. The molecule has 2 heterocycles. The van der Waals surface area contributed by atoms with Gasteiger partial charge in [0.25, 0.3) is 0 Å². The first-order chi connectivity index (χ1) is 8.15. The molecule has 4 nitrogen and oxygen atoms in total. The highest BCUT2D eigenvalue weighted by molar-refractivity contribution is 5.16. The molecule has 1 saturated heterocycles. The summed E-state index contributed by atoms with van der Waals surface area (Å²) in [5.74, 6) is 2.54. The molecule has 1 N–H and O–H groups in total. The Hall–Kier alpha value is -1.16. The highest BCUT2D eigenvalue weighted by Gasteiger charge is 2.15. The Balaban J connectivity index is 1.99. The van der Waals surface area contributed by atoms with Crippen LogP contribution >= 0.6 is 0 Å². The first-order valence-corrected chi connectivity index (χ1v) is 6.34. The second-order valence-corrected chi connectivity index (χ2v) is 5.03. The summed E-state index contributed by atoms with van der Waals surface area (Å²) >= 11 is 0. The van der Waals surface area contributed by atoms with Crippen LogP contribution in [0.15, 0.2) is 6.07 Å². The van der Waals surface area contributed by atoms with Crippen molar-refractivity contribution in [3.05, 3.63) is 17.6 Å². The van der Waals surface area contributed by atoms with Gasteiger partial charge in [0.1, 0.15) is 5.82 Å². The van der Waals surface area contributed by atoms with Crippen LogP contribution in [0.3, 0.4) is 0 Å². The molecule has 0 bridgehead atoms. The van der Waals surface area contributed by atoms with Crippen molar-refractivity contribution < 1.29 is 4.74 Å². The smallest absolute Gasteiger partial charge is 0.216 e. The summed E-state index contributed by atoms with van der Waals surface area (Å²) in [6, 6.07) is 1.91. The van der Waals surface area contributed by atoms with Crippen LogP contribution in [-0.4, -0.2) is 29.7 Å². The quantitative estimate of drug-likeness (QED) is 0.866. The van der Waals surface area contributed by atoms with Crippen molar-refractivity contribution in [2.45, 2.75) is 33.1 Å². The van der Waals surface area contributed by atoms with E-state index in [4.69, 9.17) is 4.74 Å². The standard InChI is InChI=1S/C13H21N3O/c1-9(2)13-15-10(3)6-12(16-13)17-8-11-4-5-14-7-11/h6,9,11,14H,4-5,7-8H2,1-3H3. The lowest BCUT2D eigenvalue weighted by atomic mass is 10.1. The Morgan fingerprint density at radius 3 is 2.94 bits per heavy atom. The molecule has 0 saturated carbocycles. The van der Waals surface area contributed by atoms with Crippen molar-refractivity contribution >= 4 is 0 Å². The zero-order valence-electron chi connectivity index (χ0n) is 10.9. The molecule has 0 spiro atoms. The number of rotatable bonds is 4. The molecular weight excluding hydrogens is 214 g/mol. The summed E-state index contributed by atoms with van der Waals surface area (Å²) in [7, 11) is 0. The predicted molar refractivity (Wildman–Crippen MR) is 67.3 cm³/mol. The van der Waals surface area contributed by atoms with Gasteiger partial charge in [-0.05, 0) is 19.9 Å². The number of aryl methyl sites for hydroxylation is 1. The Bertz CT molecular complexity index is 373. The Kier molecular flexibility index (Phi) is 3.94. The van der Waals surface area contributed by atoms with Gasteiger partial charge in [-0.3, -0.25) is 0 Å². The molecule has 1 aliphatic rings. The highest BCUT2D eigenvalue weighted by atomic mass is 16.5. The van der Waals surface area contributed by atoms with Crippen LogP contribution in [0.2, 0.25) is 0 Å². The number of nitrogens with zero attached hydrogens (tertiary/aromatic N) is 2. The molecule has 94 valence electrons. The maximum atomic E-state index is 5.77. The molecule has 1 unspecified atom stereocenters. The minimum atomic E-state index is 0.338. The van der Waals surface area contributed by atoms with Gasteiger partial charge in [0.15, 0.2) is 0 Å². The average molecular weight is 235 g/mol. The topological polar surface area (TPSA) is 47.0 Å². The summed E-state index contributed by atoms with van der Waals surface area (Å²) in [5.41, 5.74) is 0.975. The van der Waals surface area contributed by atoms with Gasteiger partial charge in [-0.15, -0.1) is 0 Å². The van der Waals surface area contributed by atoms with Crippen molar-refractivity contribution in [3.63, 3.8) is 0 Å². The first-order valence-electron chi connectivity index (χ1n) is 6.34. The van der Waals surface area contributed by atoms with Crippen molar-refractivity contribution in [1.29, 1.82) is 0 Å². The maximum absolute atomic E-state index is 5.77. The molecule has 17 heavy (non-hydrogen) atoms. The minimum Gasteiger partial charge on any atom is -0.477 e. The number of ether oxygens (including phenoxy) is 1. The molecule has 1 aromatic heterocycles. The van der Waals surface area contributed by atoms with Crippen molar-refractivity contribution in [2.75, 3.05) is 19.7 Å². The monoisotopic (exact) mass is 235 g/mol. The van der Waals surface area contributed by atoms with Crippen molar-refractivity contribution in [1.82, 2.24) is 15.3 Å². The zero-order valence-corrected chi connectivity index (χ0v) is 10.9. The van der Waals surface area contributed by atoms with Crippen LogP contribution < -0.4 is 10.1 Å². The molecule has 2 rings (SSSR count). The van der Waals surface area contributed by atoms with Crippen LogP contribution in [0.5, 0.6) is 5.88 Å². The summed E-state index contributed by atoms with van der Waals surface area (Å²) in [6.45, 7) is 9.09. The first kappa shape index (κ1) is 12.3. The van der Waals surface area contributed by atoms with Crippen LogP contribution in [-0.2, 0) is 0 Å². The van der Waals surface area contributed by atoms with Gasteiger partial charge >= 0.3 is 0 Å². The Morgan fingerprint density at radius 1 is 1.47 bits per heavy atom. The summed E-state index contributed by atoms with van der Waals surface area (Å²) in [6.07, 6.45) is 1.20. The third-order valence-electron chi connectivity index (χ3n) is 2.99. The number of aromatic nitrogens is 2. The van der Waals surface area contributed by atoms with E-state index < -0.39 is 0 Å². The van der Waals surface area contributed by atoms with E-state index >= 15 is 0 Å². The minimum absolute atomic E-state index is 0.338. The summed E-state index contributed by atoms with van der Waals surface area (Å²) < 4.78 is 5.77. The lowest BCUT2D eigenvalue weighted by molar-refractivity contribution is 0.249. The second-order valence-electron chi connectivity index (χ2n) is 5.03. The lowest BCUT2D eigenvalue weighted by Gasteiger charge is -2.12. The molecule has 0 radical (unpaired) electrons. The lowest BCUT2D eigenvalue weighted by Crippen LogP contribution is -2.16.